The summed E-state index contributed by atoms with van der Waals surface area (Å²) in [5, 5.41) is 21.2. The SMILES string of the molecule is Cc1cccc(C(=O)Nc2ccc(O)c(C(=O)O)c2)c1Cl. The van der Waals surface area contributed by atoms with Crippen LogP contribution in [-0.2, 0) is 0 Å². The van der Waals surface area contributed by atoms with Crippen molar-refractivity contribution in [1.29, 1.82) is 0 Å². The molecular weight excluding hydrogens is 294 g/mol. The van der Waals surface area contributed by atoms with Gasteiger partial charge in [-0.25, -0.2) is 4.79 Å². The molecule has 0 atom stereocenters. The molecule has 0 fully saturated rings. The third-order valence-electron chi connectivity index (χ3n) is 2.92. The van der Waals surface area contributed by atoms with E-state index in [9.17, 15) is 14.7 Å². The van der Waals surface area contributed by atoms with E-state index in [0.717, 1.165) is 5.56 Å². The molecule has 2 rings (SSSR count). The van der Waals surface area contributed by atoms with Gasteiger partial charge in [0.2, 0.25) is 0 Å². The van der Waals surface area contributed by atoms with Crippen LogP contribution >= 0.6 is 11.6 Å². The zero-order valence-electron chi connectivity index (χ0n) is 11.1. The van der Waals surface area contributed by atoms with Gasteiger partial charge in [0.15, 0.2) is 0 Å². The van der Waals surface area contributed by atoms with Crippen LogP contribution in [0, 0.1) is 6.92 Å². The summed E-state index contributed by atoms with van der Waals surface area (Å²) < 4.78 is 0. The van der Waals surface area contributed by atoms with Gasteiger partial charge in [-0.3, -0.25) is 4.79 Å². The molecule has 2 aromatic rings. The maximum atomic E-state index is 12.1. The Morgan fingerprint density at radius 2 is 1.86 bits per heavy atom. The van der Waals surface area contributed by atoms with Crippen molar-refractivity contribution >= 4 is 29.2 Å². The van der Waals surface area contributed by atoms with Crippen molar-refractivity contribution in [3.8, 4) is 5.75 Å². The molecule has 0 saturated heterocycles. The topological polar surface area (TPSA) is 86.6 Å². The van der Waals surface area contributed by atoms with E-state index in [-0.39, 0.29) is 17.0 Å². The highest BCUT2D eigenvalue weighted by molar-refractivity contribution is 6.35. The number of anilines is 1. The maximum absolute atomic E-state index is 12.1. The molecular formula is C15H12ClNO4. The van der Waals surface area contributed by atoms with Gasteiger partial charge in [0.1, 0.15) is 11.3 Å². The van der Waals surface area contributed by atoms with Gasteiger partial charge >= 0.3 is 5.97 Å². The molecule has 0 aliphatic carbocycles. The normalized spacial score (nSPS) is 10.2. The van der Waals surface area contributed by atoms with E-state index in [2.05, 4.69) is 5.32 Å². The second-order valence-electron chi connectivity index (χ2n) is 4.43. The number of carbonyl (C=O) groups excluding carboxylic acids is 1. The Hall–Kier alpha value is -2.53. The first-order valence-corrected chi connectivity index (χ1v) is 6.40. The average Bonchev–Trinajstić information content (AvgIpc) is 2.43. The molecule has 1 amide bonds. The van der Waals surface area contributed by atoms with E-state index in [1.165, 1.54) is 18.2 Å². The zero-order valence-corrected chi connectivity index (χ0v) is 11.8. The smallest absolute Gasteiger partial charge is 0.339 e. The predicted molar refractivity (Wildman–Crippen MR) is 79.2 cm³/mol. The predicted octanol–water partition coefficient (Wildman–Crippen LogP) is 3.30. The van der Waals surface area contributed by atoms with Crippen molar-refractivity contribution < 1.29 is 19.8 Å². The van der Waals surface area contributed by atoms with Crippen LogP contribution < -0.4 is 5.32 Å². The van der Waals surface area contributed by atoms with Crippen LogP contribution in [0.2, 0.25) is 5.02 Å². The number of hydrogen-bond donors (Lipinski definition) is 3. The molecule has 21 heavy (non-hydrogen) atoms. The first kappa shape index (κ1) is 14.9. The zero-order chi connectivity index (χ0) is 15.6. The molecule has 108 valence electrons. The quantitative estimate of drug-likeness (QED) is 0.759. The number of aromatic hydroxyl groups is 1. The summed E-state index contributed by atoms with van der Waals surface area (Å²) in [5.74, 6) is -2.10. The minimum absolute atomic E-state index is 0.257. The van der Waals surface area contributed by atoms with Crippen molar-refractivity contribution in [3.63, 3.8) is 0 Å². The number of benzene rings is 2. The number of aryl methyl sites for hydroxylation is 1. The lowest BCUT2D eigenvalue weighted by Gasteiger charge is -2.09. The monoisotopic (exact) mass is 305 g/mol. The lowest BCUT2D eigenvalue weighted by Crippen LogP contribution is -2.13. The van der Waals surface area contributed by atoms with Crippen molar-refractivity contribution in [2.45, 2.75) is 6.92 Å². The lowest BCUT2D eigenvalue weighted by molar-refractivity contribution is 0.0693. The van der Waals surface area contributed by atoms with E-state index in [1.807, 2.05) is 0 Å². The number of halogens is 1. The molecule has 5 nitrogen and oxygen atoms in total. The summed E-state index contributed by atoms with van der Waals surface area (Å²) in [5.41, 5.74) is 1.03. The number of carboxylic acids is 1. The first-order valence-electron chi connectivity index (χ1n) is 6.03. The Kier molecular flexibility index (Phi) is 4.14. The fraction of sp³-hybridized carbons (Fsp3) is 0.0667. The number of phenols is 1. The second-order valence-corrected chi connectivity index (χ2v) is 4.81. The minimum atomic E-state index is -1.28. The largest absolute Gasteiger partial charge is 0.507 e. The fourth-order valence-electron chi connectivity index (χ4n) is 1.81. The maximum Gasteiger partial charge on any atom is 0.339 e. The molecule has 0 aromatic heterocycles. The lowest BCUT2D eigenvalue weighted by atomic mass is 10.1. The number of carboxylic acid groups (broad SMARTS) is 1. The van der Waals surface area contributed by atoms with E-state index in [4.69, 9.17) is 16.7 Å². The Morgan fingerprint density at radius 3 is 2.52 bits per heavy atom. The van der Waals surface area contributed by atoms with Crippen LogP contribution in [0.1, 0.15) is 26.3 Å². The van der Waals surface area contributed by atoms with Crippen LogP contribution in [0.15, 0.2) is 36.4 Å². The number of amides is 1. The summed E-state index contributed by atoms with van der Waals surface area (Å²) in [4.78, 5) is 23.1. The van der Waals surface area contributed by atoms with Crippen molar-refractivity contribution in [3.05, 3.63) is 58.1 Å². The highest BCUT2D eigenvalue weighted by Gasteiger charge is 2.14. The number of carbonyl (C=O) groups is 2. The van der Waals surface area contributed by atoms with E-state index >= 15 is 0 Å². The van der Waals surface area contributed by atoms with E-state index in [0.29, 0.717) is 10.6 Å². The summed E-state index contributed by atoms with van der Waals surface area (Å²) in [6.45, 7) is 1.78. The summed E-state index contributed by atoms with van der Waals surface area (Å²) in [6, 6.07) is 8.85. The molecule has 0 aliphatic rings. The third-order valence-corrected chi connectivity index (χ3v) is 3.42. The van der Waals surface area contributed by atoms with Gasteiger partial charge in [0.05, 0.1) is 10.6 Å². The third kappa shape index (κ3) is 3.14. The van der Waals surface area contributed by atoms with Gasteiger partial charge in [-0.2, -0.15) is 0 Å². The fourth-order valence-corrected chi connectivity index (χ4v) is 2.02. The molecule has 0 saturated carbocycles. The average molecular weight is 306 g/mol. The van der Waals surface area contributed by atoms with Crippen molar-refractivity contribution in [2.24, 2.45) is 0 Å². The summed E-state index contributed by atoms with van der Waals surface area (Å²) in [6.07, 6.45) is 0. The van der Waals surface area contributed by atoms with Gasteiger partial charge in [0.25, 0.3) is 5.91 Å². The Bertz CT molecular complexity index is 728. The highest BCUT2D eigenvalue weighted by Crippen LogP contribution is 2.24. The van der Waals surface area contributed by atoms with E-state index in [1.54, 1.807) is 25.1 Å². The first-order chi connectivity index (χ1) is 9.90. The van der Waals surface area contributed by atoms with Crippen LogP contribution in [0.25, 0.3) is 0 Å². The molecule has 6 heteroatoms. The Labute approximate surface area is 125 Å². The van der Waals surface area contributed by atoms with Gasteiger partial charge in [-0.1, -0.05) is 23.7 Å². The molecule has 0 spiro atoms. The van der Waals surface area contributed by atoms with Crippen molar-refractivity contribution in [2.75, 3.05) is 5.32 Å². The Balaban J connectivity index is 2.30. The molecule has 0 bridgehead atoms. The van der Waals surface area contributed by atoms with Crippen LogP contribution in [-0.4, -0.2) is 22.1 Å². The Morgan fingerprint density at radius 1 is 1.14 bits per heavy atom. The molecule has 0 heterocycles. The second kappa shape index (κ2) is 5.85. The molecule has 0 radical (unpaired) electrons. The molecule has 2 aromatic carbocycles. The van der Waals surface area contributed by atoms with Gasteiger partial charge in [-0.15, -0.1) is 0 Å². The summed E-state index contributed by atoms with van der Waals surface area (Å²) in [7, 11) is 0. The minimum Gasteiger partial charge on any atom is -0.507 e. The van der Waals surface area contributed by atoms with Crippen LogP contribution in [0.5, 0.6) is 5.75 Å². The van der Waals surface area contributed by atoms with Gasteiger partial charge < -0.3 is 15.5 Å². The van der Waals surface area contributed by atoms with Gasteiger partial charge in [-0.05, 0) is 36.8 Å². The standard InChI is InChI=1S/C15H12ClNO4/c1-8-3-2-4-10(13(8)16)14(19)17-9-5-6-12(18)11(7-9)15(20)21/h2-7,18H,1H3,(H,17,19)(H,20,21). The molecule has 3 N–H and O–H groups in total. The van der Waals surface area contributed by atoms with Crippen molar-refractivity contribution in [1.82, 2.24) is 0 Å². The number of aromatic carboxylic acids is 1. The summed E-state index contributed by atoms with van der Waals surface area (Å²) >= 11 is 6.07. The molecule has 0 unspecified atom stereocenters. The van der Waals surface area contributed by atoms with Crippen LogP contribution in [0.3, 0.4) is 0 Å². The highest BCUT2D eigenvalue weighted by atomic mass is 35.5. The van der Waals surface area contributed by atoms with E-state index < -0.39 is 11.9 Å². The number of rotatable bonds is 3. The van der Waals surface area contributed by atoms with Gasteiger partial charge in [0, 0.05) is 5.69 Å². The van der Waals surface area contributed by atoms with Crippen LogP contribution in [0.4, 0.5) is 5.69 Å². The molecule has 0 aliphatic heterocycles. The number of nitrogens with one attached hydrogen (secondary N) is 1. The number of hydrogen-bond acceptors (Lipinski definition) is 3.